The van der Waals surface area contributed by atoms with E-state index in [0.717, 1.165) is 25.3 Å². The van der Waals surface area contributed by atoms with E-state index in [9.17, 15) is 23.1 Å². The molecule has 0 bridgehead atoms. The summed E-state index contributed by atoms with van der Waals surface area (Å²) in [7, 11) is 0. The summed E-state index contributed by atoms with van der Waals surface area (Å²) in [5, 5.41) is 11.0. The van der Waals surface area contributed by atoms with Crippen LogP contribution in [0.15, 0.2) is 57.7 Å². The van der Waals surface area contributed by atoms with Crippen LogP contribution in [0.4, 0.5) is 13.2 Å². The smallest absolute Gasteiger partial charge is 0.417 e. The van der Waals surface area contributed by atoms with Crippen LogP contribution >= 0.6 is 0 Å². The topological polar surface area (TPSA) is 50.4 Å². The van der Waals surface area contributed by atoms with Gasteiger partial charge < -0.3 is 9.52 Å². The van der Waals surface area contributed by atoms with Crippen molar-refractivity contribution < 1.29 is 22.7 Å². The highest BCUT2D eigenvalue weighted by molar-refractivity contribution is 5.83. The molecule has 1 N–H and O–H groups in total. The van der Waals surface area contributed by atoms with Gasteiger partial charge in [-0.05, 0) is 30.2 Å². The molecular weight excluding hydrogens is 429 g/mol. The third kappa shape index (κ3) is 6.70. The van der Waals surface area contributed by atoms with Crippen molar-refractivity contribution in [2.45, 2.75) is 77.0 Å². The van der Waals surface area contributed by atoms with E-state index in [4.69, 9.17) is 4.42 Å². The molecule has 3 nitrogen and oxygen atoms in total. The van der Waals surface area contributed by atoms with Crippen LogP contribution in [-0.4, -0.2) is 5.11 Å². The van der Waals surface area contributed by atoms with E-state index in [2.05, 4.69) is 6.92 Å². The van der Waals surface area contributed by atoms with Crippen molar-refractivity contribution >= 4 is 11.0 Å². The summed E-state index contributed by atoms with van der Waals surface area (Å²) in [6.07, 6.45) is 4.77. The van der Waals surface area contributed by atoms with E-state index < -0.39 is 23.5 Å². The predicted molar refractivity (Wildman–Crippen MR) is 125 cm³/mol. The number of fused-ring (bicyclic) bond motifs is 1. The van der Waals surface area contributed by atoms with Gasteiger partial charge in [0.1, 0.15) is 5.58 Å². The van der Waals surface area contributed by atoms with Gasteiger partial charge in [-0.1, -0.05) is 88.6 Å². The van der Waals surface area contributed by atoms with Crippen LogP contribution in [0.2, 0.25) is 0 Å². The molecule has 0 amide bonds. The van der Waals surface area contributed by atoms with E-state index in [1.54, 1.807) is 18.2 Å². The lowest BCUT2D eigenvalue weighted by Gasteiger charge is -2.13. The maximum Gasteiger partial charge on any atom is 0.417 e. The van der Waals surface area contributed by atoms with Gasteiger partial charge in [0.25, 0.3) is 0 Å². The van der Waals surface area contributed by atoms with Gasteiger partial charge in [0.2, 0.25) is 0 Å². The number of alkyl halides is 3. The molecule has 0 fully saturated rings. The number of unbranched alkanes of at least 4 members (excludes halogenated alkanes) is 7. The van der Waals surface area contributed by atoms with Crippen LogP contribution < -0.4 is 5.63 Å². The summed E-state index contributed by atoms with van der Waals surface area (Å²) in [6, 6.07) is 11.4. The third-order valence-electron chi connectivity index (χ3n) is 6.00. The van der Waals surface area contributed by atoms with Gasteiger partial charge in [-0.3, -0.25) is 0 Å². The number of rotatable bonds is 11. The van der Waals surface area contributed by atoms with Crippen LogP contribution in [0, 0.1) is 0 Å². The van der Waals surface area contributed by atoms with Gasteiger partial charge in [0.05, 0.1) is 17.2 Å². The molecule has 0 spiro atoms. The molecule has 2 aromatic carbocycles. The number of hydrogen-bond donors (Lipinski definition) is 1. The molecule has 1 heterocycles. The molecule has 1 atom stereocenters. The van der Waals surface area contributed by atoms with Crippen molar-refractivity contribution in [1.29, 1.82) is 0 Å². The second kappa shape index (κ2) is 11.5. The number of aliphatic hydroxyl groups is 1. The SMILES string of the molecule is CCCCCCCCCCC(O)c1ccc2cc(-c3ccccc3C(F)(F)F)c(=O)oc2c1. The first kappa shape index (κ1) is 25.0. The zero-order valence-electron chi connectivity index (χ0n) is 19.0. The van der Waals surface area contributed by atoms with Crippen molar-refractivity contribution in [3.8, 4) is 11.1 Å². The minimum Gasteiger partial charge on any atom is -0.422 e. The summed E-state index contributed by atoms with van der Waals surface area (Å²) < 4.78 is 45.5. The fourth-order valence-corrected chi connectivity index (χ4v) is 4.13. The molecule has 3 aromatic rings. The Morgan fingerprint density at radius 2 is 1.55 bits per heavy atom. The summed E-state index contributed by atoms with van der Waals surface area (Å²) in [4.78, 5) is 12.5. The van der Waals surface area contributed by atoms with Crippen molar-refractivity contribution in [1.82, 2.24) is 0 Å². The number of hydrogen-bond acceptors (Lipinski definition) is 3. The molecule has 0 aliphatic rings. The Morgan fingerprint density at radius 3 is 2.24 bits per heavy atom. The van der Waals surface area contributed by atoms with Gasteiger partial charge >= 0.3 is 11.8 Å². The molecule has 6 heteroatoms. The normalized spacial score (nSPS) is 12.9. The maximum absolute atomic E-state index is 13.4. The van der Waals surface area contributed by atoms with Crippen molar-refractivity contribution in [2.24, 2.45) is 0 Å². The fraction of sp³-hybridized carbons (Fsp3) is 0.444. The Hall–Kier alpha value is -2.60. The zero-order chi connectivity index (χ0) is 23.8. The number of halogens is 3. The van der Waals surface area contributed by atoms with E-state index >= 15 is 0 Å². The number of benzene rings is 2. The van der Waals surface area contributed by atoms with Gasteiger partial charge in [-0.2, -0.15) is 13.2 Å². The molecule has 0 saturated carbocycles. The molecule has 33 heavy (non-hydrogen) atoms. The van der Waals surface area contributed by atoms with Gasteiger partial charge in [-0.25, -0.2) is 4.79 Å². The zero-order valence-corrected chi connectivity index (χ0v) is 19.0. The lowest BCUT2D eigenvalue weighted by atomic mass is 9.98. The van der Waals surface area contributed by atoms with Crippen LogP contribution in [0.3, 0.4) is 0 Å². The molecular formula is C27H31F3O3. The van der Waals surface area contributed by atoms with Crippen LogP contribution in [0.5, 0.6) is 0 Å². The highest BCUT2D eigenvalue weighted by atomic mass is 19.4. The Kier molecular flexibility index (Phi) is 8.73. The average Bonchev–Trinajstić information content (AvgIpc) is 2.79. The summed E-state index contributed by atoms with van der Waals surface area (Å²) in [5.74, 6) is 0. The van der Waals surface area contributed by atoms with E-state index in [0.29, 0.717) is 17.4 Å². The van der Waals surface area contributed by atoms with E-state index in [-0.39, 0.29) is 16.7 Å². The summed E-state index contributed by atoms with van der Waals surface area (Å²) in [6.45, 7) is 2.20. The fourth-order valence-electron chi connectivity index (χ4n) is 4.13. The Bertz CT molecular complexity index is 1100. The second-order valence-corrected chi connectivity index (χ2v) is 8.57. The molecule has 1 unspecified atom stereocenters. The van der Waals surface area contributed by atoms with Gasteiger partial charge in [0.15, 0.2) is 0 Å². The first-order valence-electron chi connectivity index (χ1n) is 11.7. The molecule has 0 radical (unpaired) electrons. The van der Waals surface area contributed by atoms with Crippen molar-refractivity contribution in [2.75, 3.05) is 0 Å². The first-order valence-corrected chi connectivity index (χ1v) is 11.7. The molecule has 178 valence electrons. The Labute approximate surface area is 192 Å². The number of aliphatic hydroxyl groups excluding tert-OH is 1. The van der Waals surface area contributed by atoms with Crippen LogP contribution in [-0.2, 0) is 6.18 Å². The second-order valence-electron chi connectivity index (χ2n) is 8.57. The minimum atomic E-state index is -4.58. The van der Waals surface area contributed by atoms with Crippen molar-refractivity contribution in [3.05, 3.63) is 70.1 Å². The Morgan fingerprint density at radius 1 is 0.879 bits per heavy atom. The lowest BCUT2D eigenvalue weighted by Crippen LogP contribution is -2.11. The van der Waals surface area contributed by atoms with Crippen LogP contribution in [0.25, 0.3) is 22.1 Å². The lowest BCUT2D eigenvalue weighted by molar-refractivity contribution is -0.137. The molecule has 0 saturated heterocycles. The molecule has 0 aliphatic carbocycles. The maximum atomic E-state index is 13.4. The van der Waals surface area contributed by atoms with E-state index in [1.165, 1.54) is 56.4 Å². The molecule has 1 aromatic heterocycles. The molecule has 0 aliphatic heterocycles. The van der Waals surface area contributed by atoms with Gasteiger partial charge in [0, 0.05) is 10.9 Å². The quantitative estimate of drug-likeness (QED) is 0.233. The summed E-state index contributed by atoms with van der Waals surface area (Å²) in [5.41, 5.74) is -1.18. The van der Waals surface area contributed by atoms with Gasteiger partial charge in [-0.15, -0.1) is 0 Å². The summed E-state index contributed by atoms with van der Waals surface area (Å²) >= 11 is 0. The molecule has 3 rings (SSSR count). The highest BCUT2D eigenvalue weighted by Gasteiger charge is 2.34. The van der Waals surface area contributed by atoms with Crippen LogP contribution in [0.1, 0.15) is 81.9 Å². The first-order chi connectivity index (χ1) is 15.8. The minimum absolute atomic E-state index is 0.136. The van der Waals surface area contributed by atoms with Crippen molar-refractivity contribution in [3.63, 3.8) is 0 Å². The average molecular weight is 461 g/mol. The highest BCUT2D eigenvalue weighted by Crippen LogP contribution is 2.36. The van der Waals surface area contributed by atoms with E-state index in [1.807, 2.05) is 0 Å². The largest absolute Gasteiger partial charge is 0.422 e. The third-order valence-corrected chi connectivity index (χ3v) is 6.00. The monoisotopic (exact) mass is 460 g/mol. The predicted octanol–water partition coefficient (Wildman–Crippen LogP) is 8.04. The Balaban J connectivity index is 1.70. The standard InChI is InChI=1S/C27H31F3O3/c1-2-3-4-5-6-7-8-9-14-24(31)19-15-16-20-17-22(26(32)33-25(20)18-19)21-12-10-11-13-23(21)27(28,29)30/h10-13,15-18,24,31H,2-9,14H2,1H3.